The van der Waals surface area contributed by atoms with Crippen molar-refractivity contribution in [2.45, 2.75) is 13.3 Å². The lowest BCUT2D eigenvalue weighted by Gasteiger charge is -2.06. The van der Waals surface area contributed by atoms with Crippen molar-refractivity contribution in [2.75, 3.05) is 18.1 Å². The summed E-state index contributed by atoms with van der Waals surface area (Å²) in [5.41, 5.74) is 0. The second-order valence-electron chi connectivity index (χ2n) is 3.57. The lowest BCUT2D eigenvalue weighted by molar-refractivity contribution is -0.136. The average molecular weight is 284 g/mol. The maximum absolute atomic E-state index is 11.4. The molecule has 0 aliphatic carbocycles. The third kappa shape index (κ3) is 6.71. The van der Waals surface area contributed by atoms with Crippen LogP contribution in [0.5, 0.6) is 11.5 Å². The SMILES string of the molecule is CCOc1ccc(OC(=O)CSCCC(=O)O)cc1. The third-order valence-electron chi connectivity index (χ3n) is 2.05. The number of hydrogen-bond donors (Lipinski definition) is 1. The Labute approximate surface area is 115 Å². The number of carboxylic acids is 1. The first-order valence-corrected chi connectivity index (χ1v) is 7.00. The summed E-state index contributed by atoms with van der Waals surface area (Å²) in [6.07, 6.45) is 0.0427. The van der Waals surface area contributed by atoms with Crippen LogP contribution in [-0.4, -0.2) is 35.2 Å². The Kier molecular flexibility index (Phi) is 6.81. The first kappa shape index (κ1) is 15.4. The van der Waals surface area contributed by atoms with Crippen LogP contribution in [0.1, 0.15) is 13.3 Å². The molecule has 6 heteroatoms. The Morgan fingerprint density at radius 3 is 2.42 bits per heavy atom. The molecule has 0 aliphatic heterocycles. The van der Waals surface area contributed by atoms with Crippen LogP contribution in [-0.2, 0) is 9.59 Å². The molecule has 104 valence electrons. The predicted octanol–water partition coefficient (Wildman–Crippen LogP) is 2.20. The summed E-state index contributed by atoms with van der Waals surface area (Å²) in [4.78, 5) is 21.7. The van der Waals surface area contributed by atoms with Crippen LogP contribution in [0.25, 0.3) is 0 Å². The van der Waals surface area contributed by atoms with Crippen molar-refractivity contribution in [1.82, 2.24) is 0 Å². The largest absolute Gasteiger partial charge is 0.494 e. The smallest absolute Gasteiger partial charge is 0.321 e. The number of ether oxygens (including phenoxy) is 2. The number of aliphatic carboxylic acids is 1. The monoisotopic (exact) mass is 284 g/mol. The molecule has 0 fully saturated rings. The first-order valence-electron chi connectivity index (χ1n) is 5.85. The summed E-state index contributed by atoms with van der Waals surface area (Å²) in [7, 11) is 0. The van der Waals surface area contributed by atoms with Gasteiger partial charge in [0.1, 0.15) is 11.5 Å². The lowest BCUT2D eigenvalue weighted by Crippen LogP contribution is -2.11. The van der Waals surface area contributed by atoms with Gasteiger partial charge < -0.3 is 14.6 Å². The maximum atomic E-state index is 11.4. The minimum absolute atomic E-state index is 0.0427. The second-order valence-corrected chi connectivity index (χ2v) is 4.68. The highest BCUT2D eigenvalue weighted by atomic mass is 32.2. The molecule has 0 saturated carbocycles. The molecule has 0 saturated heterocycles. The van der Waals surface area contributed by atoms with E-state index in [2.05, 4.69) is 0 Å². The predicted molar refractivity (Wildman–Crippen MR) is 72.8 cm³/mol. The van der Waals surface area contributed by atoms with Gasteiger partial charge in [-0.15, -0.1) is 11.8 Å². The van der Waals surface area contributed by atoms with Crippen LogP contribution >= 0.6 is 11.8 Å². The molecule has 0 heterocycles. The van der Waals surface area contributed by atoms with E-state index >= 15 is 0 Å². The Morgan fingerprint density at radius 2 is 1.84 bits per heavy atom. The number of carbonyl (C=O) groups excluding carboxylic acids is 1. The molecule has 0 atom stereocenters. The highest BCUT2D eigenvalue weighted by molar-refractivity contribution is 7.99. The van der Waals surface area contributed by atoms with Crippen LogP contribution in [0.4, 0.5) is 0 Å². The highest BCUT2D eigenvalue weighted by Crippen LogP contribution is 2.18. The average Bonchev–Trinajstić information content (AvgIpc) is 2.37. The molecule has 0 amide bonds. The van der Waals surface area contributed by atoms with Crippen molar-refractivity contribution < 1.29 is 24.2 Å². The van der Waals surface area contributed by atoms with E-state index in [1.54, 1.807) is 24.3 Å². The van der Waals surface area contributed by atoms with E-state index in [1.165, 1.54) is 11.8 Å². The number of benzene rings is 1. The zero-order chi connectivity index (χ0) is 14.1. The molecule has 1 N–H and O–H groups in total. The summed E-state index contributed by atoms with van der Waals surface area (Å²) in [5, 5.41) is 8.44. The fraction of sp³-hybridized carbons (Fsp3) is 0.385. The molecule has 5 nitrogen and oxygen atoms in total. The summed E-state index contributed by atoms with van der Waals surface area (Å²) in [6.45, 7) is 2.47. The van der Waals surface area contributed by atoms with Crippen molar-refractivity contribution >= 4 is 23.7 Å². The fourth-order valence-electron chi connectivity index (χ4n) is 1.25. The van der Waals surface area contributed by atoms with Crippen LogP contribution in [0.3, 0.4) is 0 Å². The Bertz CT molecular complexity index is 416. The van der Waals surface area contributed by atoms with Gasteiger partial charge in [-0.2, -0.15) is 0 Å². The van der Waals surface area contributed by atoms with Gasteiger partial charge in [-0.05, 0) is 31.2 Å². The first-order chi connectivity index (χ1) is 9.11. The Balaban J connectivity index is 2.29. The normalized spacial score (nSPS) is 9.95. The van der Waals surface area contributed by atoms with Gasteiger partial charge in [-0.25, -0.2) is 0 Å². The van der Waals surface area contributed by atoms with E-state index in [0.717, 1.165) is 5.75 Å². The highest BCUT2D eigenvalue weighted by Gasteiger charge is 2.06. The van der Waals surface area contributed by atoms with E-state index < -0.39 is 5.97 Å². The van der Waals surface area contributed by atoms with Gasteiger partial charge in [0.25, 0.3) is 0 Å². The van der Waals surface area contributed by atoms with Gasteiger partial charge in [-0.3, -0.25) is 9.59 Å². The van der Waals surface area contributed by atoms with Crippen LogP contribution in [0, 0.1) is 0 Å². The number of carbonyl (C=O) groups is 2. The quantitative estimate of drug-likeness (QED) is 0.448. The summed E-state index contributed by atoms with van der Waals surface area (Å²) < 4.78 is 10.4. The second kappa shape index (κ2) is 8.42. The number of rotatable bonds is 8. The lowest BCUT2D eigenvalue weighted by atomic mass is 10.3. The van der Waals surface area contributed by atoms with Crippen LogP contribution in [0.15, 0.2) is 24.3 Å². The molecule has 0 aliphatic rings. The van der Waals surface area contributed by atoms with E-state index in [0.29, 0.717) is 18.1 Å². The number of thioether (sulfide) groups is 1. The molecular formula is C13H16O5S. The standard InChI is InChI=1S/C13H16O5S/c1-2-17-10-3-5-11(6-4-10)18-13(16)9-19-8-7-12(14)15/h3-6H,2,7-9H2,1H3,(H,14,15). The van der Waals surface area contributed by atoms with Crippen LogP contribution in [0.2, 0.25) is 0 Å². The number of hydrogen-bond acceptors (Lipinski definition) is 5. The summed E-state index contributed by atoms with van der Waals surface area (Å²) in [6, 6.07) is 6.77. The van der Waals surface area contributed by atoms with Gasteiger partial charge >= 0.3 is 11.9 Å². The molecule has 1 rings (SSSR count). The zero-order valence-electron chi connectivity index (χ0n) is 10.6. The zero-order valence-corrected chi connectivity index (χ0v) is 11.4. The minimum atomic E-state index is -0.868. The van der Waals surface area contributed by atoms with Gasteiger partial charge in [0, 0.05) is 5.75 Å². The minimum Gasteiger partial charge on any atom is -0.494 e. The fourth-order valence-corrected chi connectivity index (χ4v) is 1.94. The Hall–Kier alpha value is -1.69. The van der Waals surface area contributed by atoms with Gasteiger partial charge in [-0.1, -0.05) is 0 Å². The molecule has 1 aromatic rings. The van der Waals surface area contributed by atoms with Crippen molar-refractivity contribution in [3.05, 3.63) is 24.3 Å². The van der Waals surface area contributed by atoms with Crippen molar-refractivity contribution in [1.29, 1.82) is 0 Å². The molecule has 0 spiro atoms. The third-order valence-corrected chi connectivity index (χ3v) is 2.98. The van der Waals surface area contributed by atoms with Crippen molar-refractivity contribution in [2.24, 2.45) is 0 Å². The number of esters is 1. The topological polar surface area (TPSA) is 72.8 Å². The van der Waals surface area contributed by atoms with Crippen LogP contribution < -0.4 is 9.47 Å². The van der Waals surface area contributed by atoms with E-state index in [-0.39, 0.29) is 18.1 Å². The molecular weight excluding hydrogens is 268 g/mol. The van der Waals surface area contributed by atoms with Crippen molar-refractivity contribution in [3.8, 4) is 11.5 Å². The van der Waals surface area contributed by atoms with E-state index in [9.17, 15) is 9.59 Å². The molecule has 0 bridgehead atoms. The molecule has 0 radical (unpaired) electrons. The summed E-state index contributed by atoms with van der Waals surface area (Å²) >= 11 is 1.24. The van der Waals surface area contributed by atoms with E-state index in [1.807, 2.05) is 6.92 Å². The van der Waals surface area contributed by atoms with Crippen molar-refractivity contribution in [3.63, 3.8) is 0 Å². The van der Waals surface area contributed by atoms with Gasteiger partial charge in [0.2, 0.25) is 0 Å². The summed E-state index contributed by atoms with van der Waals surface area (Å²) in [5.74, 6) is 0.450. The molecule has 19 heavy (non-hydrogen) atoms. The van der Waals surface area contributed by atoms with Gasteiger partial charge in [0.15, 0.2) is 0 Å². The molecule has 1 aromatic carbocycles. The maximum Gasteiger partial charge on any atom is 0.321 e. The molecule has 0 unspecified atom stereocenters. The number of carboxylic acid groups (broad SMARTS) is 1. The Morgan fingerprint density at radius 1 is 1.21 bits per heavy atom. The van der Waals surface area contributed by atoms with Gasteiger partial charge in [0.05, 0.1) is 18.8 Å². The molecule has 0 aromatic heterocycles. The van der Waals surface area contributed by atoms with E-state index in [4.69, 9.17) is 14.6 Å².